The average Bonchev–Trinajstić information content (AvgIpc) is 2.68. The maximum absolute atomic E-state index is 13.1. The van der Waals surface area contributed by atoms with Gasteiger partial charge in [0, 0.05) is 57.1 Å². The number of hydrogen-bond donors (Lipinski definition) is 1. The molecule has 0 radical (unpaired) electrons. The molecule has 7 heteroatoms. The molecule has 7 nitrogen and oxygen atoms in total. The lowest BCUT2D eigenvalue weighted by Gasteiger charge is -2.53. The molecule has 4 saturated heterocycles. The zero-order valence-electron chi connectivity index (χ0n) is 17.2. The fourth-order valence-corrected chi connectivity index (χ4v) is 5.55. The predicted octanol–water partition coefficient (Wildman–Crippen LogP) is 1.68. The first-order chi connectivity index (χ1) is 13.4. The molecule has 4 rings (SSSR count). The van der Waals surface area contributed by atoms with E-state index in [0.717, 1.165) is 51.7 Å². The summed E-state index contributed by atoms with van der Waals surface area (Å²) < 4.78 is 0. The summed E-state index contributed by atoms with van der Waals surface area (Å²) in [7, 11) is 0. The van der Waals surface area contributed by atoms with Crippen LogP contribution in [0.5, 0.6) is 0 Å². The van der Waals surface area contributed by atoms with E-state index in [1.54, 1.807) is 0 Å². The summed E-state index contributed by atoms with van der Waals surface area (Å²) in [6.07, 6.45) is 5.59. The maximum atomic E-state index is 13.1. The van der Waals surface area contributed by atoms with Gasteiger partial charge in [-0.25, -0.2) is 4.79 Å². The average molecular weight is 391 g/mol. The van der Waals surface area contributed by atoms with Crippen LogP contribution in [0.25, 0.3) is 0 Å². The van der Waals surface area contributed by atoms with Gasteiger partial charge in [-0.2, -0.15) is 0 Å². The van der Waals surface area contributed by atoms with Gasteiger partial charge in [-0.1, -0.05) is 13.8 Å². The number of hydrogen-bond acceptors (Lipinski definition) is 3. The molecule has 4 fully saturated rings. The minimum Gasteiger partial charge on any atom is -0.353 e. The van der Waals surface area contributed by atoms with E-state index in [4.69, 9.17) is 0 Å². The minimum atomic E-state index is -0.00124. The Morgan fingerprint density at radius 3 is 2.50 bits per heavy atom. The molecular weight excluding hydrogens is 356 g/mol. The zero-order chi connectivity index (χ0) is 19.8. The summed E-state index contributed by atoms with van der Waals surface area (Å²) in [5.74, 6) is 1.27. The van der Waals surface area contributed by atoms with Gasteiger partial charge in [0.2, 0.25) is 11.8 Å². The lowest BCUT2D eigenvalue weighted by Crippen LogP contribution is -2.62. The van der Waals surface area contributed by atoms with Gasteiger partial charge in [0.05, 0.1) is 0 Å². The summed E-state index contributed by atoms with van der Waals surface area (Å²) in [6.45, 7) is 7.62. The first kappa shape index (κ1) is 19.5. The Labute approximate surface area is 167 Å². The maximum Gasteiger partial charge on any atom is 0.320 e. The molecule has 0 aromatic heterocycles. The van der Waals surface area contributed by atoms with E-state index in [0.29, 0.717) is 43.3 Å². The number of fused-ring (bicyclic) bond motifs is 4. The smallest absolute Gasteiger partial charge is 0.320 e. The van der Waals surface area contributed by atoms with Crippen molar-refractivity contribution in [2.45, 2.75) is 64.5 Å². The van der Waals surface area contributed by atoms with Gasteiger partial charge in [-0.15, -0.1) is 0 Å². The van der Waals surface area contributed by atoms with Crippen molar-refractivity contribution in [3.8, 4) is 0 Å². The van der Waals surface area contributed by atoms with Crippen molar-refractivity contribution in [1.82, 2.24) is 20.0 Å². The van der Waals surface area contributed by atoms with Crippen LogP contribution in [-0.2, 0) is 9.59 Å². The third kappa shape index (κ3) is 3.85. The molecule has 0 aromatic carbocycles. The Morgan fingerprint density at radius 1 is 1.04 bits per heavy atom. The number of carbonyl (C=O) groups is 3. The van der Waals surface area contributed by atoms with Crippen LogP contribution in [0.2, 0.25) is 0 Å². The molecule has 4 heterocycles. The lowest BCUT2D eigenvalue weighted by atomic mass is 9.76. The third-order valence-electron chi connectivity index (χ3n) is 7.09. The Hall–Kier alpha value is -1.79. The molecule has 156 valence electrons. The molecule has 0 unspecified atom stereocenters. The Bertz CT molecular complexity index is 629. The number of urea groups is 1. The number of likely N-dealkylation sites (tertiary alicyclic amines) is 2. The highest BCUT2D eigenvalue weighted by molar-refractivity contribution is 5.79. The first-order valence-corrected chi connectivity index (χ1v) is 11.1. The molecular formula is C21H34N4O3. The highest BCUT2D eigenvalue weighted by atomic mass is 16.2. The Kier molecular flexibility index (Phi) is 5.52. The van der Waals surface area contributed by atoms with Crippen LogP contribution in [-0.4, -0.2) is 77.4 Å². The van der Waals surface area contributed by atoms with Gasteiger partial charge >= 0.3 is 6.03 Å². The highest BCUT2D eigenvalue weighted by Gasteiger charge is 2.45. The van der Waals surface area contributed by atoms with Crippen molar-refractivity contribution < 1.29 is 14.4 Å². The van der Waals surface area contributed by atoms with Crippen LogP contribution in [0.15, 0.2) is 0 Å². The van der Waals surface area contributed by atoms with Gasteiger partial charge in [-0.05, 0) is 43.9 Å². The van der Waals surface area contributed by atoms with Gasteiger partial charge in [0.25, 0.3) is 0 Å². The van der Waals surface area contributed by atoms with Crippen LogP contribution in [0.1, 0.15) is 52.4 Å². The van der Waals surface area contributed by atoms with E-state index in [9.17, 15) is 14.4 Å². The fraction of sp³-hybridized carbons (Fsp3) is 0.857. The van der Waals surface area contributed by atoms with Gasteiger partial charge in [0.1, 0.15) is 0 Å². The second-order valence-corrected chi connectivity index (χ2v) is 9.48. The summed E-state index contributed by atoms with van der Waals surface area (Å²) in [5.41, 5.74) is 0. The van der Waals surface area contributed by atoms with E-state index in [-0.39, 0.29) is 23.9 Å². The number of nitrogens with zero attached hydrogens (tertiary/aromatic N) is 3. The van der Waals surface area contributed by atoms with E-state index in [1.165, 1.54) is 0 Å². The summed E-state index contributed by atoms with van der Waals surface area (Å²) in [4.78, 5) is 43.4. The van der Waals surface area contributed by atoms with E-state index >= 15 is 0 Å². The molecule has 1 N–H and O–H groups in total. The molecule has 4 amide bonds. The van der Waals surface area contributed by atoms with Gasteiger partial charge < -0.3 is 20.0 Å². The van der Waals surface area contributed by atoms with Crippen molar-refractivity contribution >= 4 is 17.8 Å². The van der Waals surface area contributed by atoms with Crippen LogP contribution >= 0.6 is 0 Å². The molecule has 0 spiro atoms. The lowest BCUT2D eigenvalue weighted by molar-refractivity contribution is -0.144. The quantitative estimate of drug-likeness (QED) is 0.780. The van der Waals surface area contributed by atoms with Crippen LogP contribution in [0.4, 0.5) is 4.79 Å². The SMILES string of the molecule is CC(C)C(=O)NC1CCN(C(=O)N2C[C@H]3C[C@H](C2)[C@H]2CCCC(=O)N2C3)CC1. The van der Waals surface area contributed by atoms with Crippen LogP contribution in [0.3, 0.4) is 0 Å². The number of nitrogens with one attached hydrogen (secondary N) is 1. The van der Waals surface area contributed by atoms with E-state index in [1.807, 2.05) is 23.6 Å². The third-order valence-corrected chi connectivity index (χ3v) is 7.09. The molecule has 0 aromatic rings. The van der Waals surface area contributed by atoms with E-state index in [2.05, 4.69) is 10.2 Å². The summed E-state index contributed by atoms with van der Waals surface area (Å²) in [6, 6.07) is 0.672. The number of rotatable bonds is 2. The van der Waals surface area contributed by atoms with Gasteiger partial charge in [-0.3, -0.25) is 9.59 Å². The number of carbonyl (C=O) groups excluding carboxylic acids is 3. The van der Waals surface area contributed by atoms with Crippen LogP contribution in [0, 0.1) is 17.8 Å². The molecule has 3 atom stereocenters. The van der Waals surface area contributed by atoms with Crippen molar-refractivity contribution in [1.29, 1.82) is 0 Å². The second kappa shape index (κ2) is 7.91. The molecule has 0 aliphatic carbocycles. The van der Waals surface area contributed by atoms with Crippen LogP contribution < -0.4 is 5.32 Å². The molecule has 4 aliphatic rings. The van der Waals surface area contributed by atoms with Crippen molar-refractivity contribution in [3.05, 3.63) is 0 Å². The number of piperidine rings is 4. The first-order valence-electron chi connectivity index (χ1n) is 11.1. The highest BCUT2D eigenvalue weighted by Crippen LogP contribution is 2.38. The minimum absolute atomic E-state index is 0.00124. The predicted molar refractivity (Wildman–Crippen MR) is 105 cm³/mol. The Balaban J connectivity index is 1.32. The summed E-state index contributed by atoms with van der Waals surface area (Å²) >= 11 is 0. The Morgan fingerprint density at radius 2 is 1.79 bits per heavy atom. The van der Waals surface area contributed by atoms with E-state index < -0.39 is 0 Å². The van der Waals surface area contributed by atoms with Crippen molar-refractivity contribution in [2.75, 3.05) is 32.7 Å². The summed E-state index contributed by atoms with van der Waals surface area (Å²) in [5, 5.41) is 3.10. The molecule has 28 heavy (non-hydrogen) atoms. The zero-order valence-corrected chi connectivity index (χ0v) is 17.2. The fourth-order valence-electron chi connectivity index (χ4n) is 5.55. The topological polar surface area (TPSA) is 73.0 Å². The van der Waals surface area contributed by atoms with Crippen molar-refractivity contribution in [2.24, 2.45) is 17.8 Å². The monoisotopic (exact) mass is 390 g/mol. The second-order valence-electron chi connectivity index (χ2n) is 9.48. The number of amides is 4. The molecule has 2 bridgehead atoms. The molecule has 0 saturated carbocycles. The standard InChI is InChI=1S/C21H34N4O3/c1-14(2)20(27)22-17-6-8-23(9-7-17)21(28)24-11-15-10-16(13-24)18-4-3-5-19(26)25(18)12-15/h14-18H,3-13H2,1-2H3,(H,22,27)/t15-,16-,18-/m1/s1. The normalized spacial score (nSPS) is 31.0. The van der Waals surface area contributed by atoms with Gasteiger partial charge in [0.15, 0.2) is 0 Å². The molecule has 4 aliphatic heterocycles. The largest absolute Gasteiger partial charge is 0.353 e. The van der Waals surface area contributed by atoms with Crippen molar-refractivity contribution in [3.63, 3.8) is 0 Å².